The van der Waals surface area contributed by atoms with E-state index in [-0.39, 0.29) is 5.41 Å². The van der Waals surface area contributed by atoms with Crippen LogP contribution in [0.2, 0.25) is 0 Å². The van der Waals surface area contributed by atoms with Gasteiger partial charge in [0.25, 0.3) is 0 Å². The zero-order chi connectivity index (χ0) is 21.2. The summed E-state index contributed by atoms with van der Waals surface area (Å²) in [5.41, 5.74) is 9.32. The summed E-state index contributed by atoms with van der Waals surface area (Å²) in [5.74, 6) is 0.671. The highest BCUT2D eigenvalue weighted by Gasteiger charge is 2.28. The van der Waals surface area contributed by atoms with E-state index in [9.17, 15) is 4.79 Å². The van der Waals surface area contributed by atoms with E-state index in [0.717, 1.165) is 48.8 Å². The number of likely N-dealkylation sites (tertiary alicyclic amines) is 1. The second-order valence-electron chi connectivity index (χ2n) is 9.44. The van der Waals surface area contributed by atoms with E-state index in [1.807, 2.05) is 37.3 Å². The molecule has 1 aliphatic heterocycles. The Kier molecular flexibility index (Phi) is 6.22. The van der Waals surface area contributed by atoms with Gasteiger partial charge in [-0.1, -0.05) is 32.9 Å². The van der Waals surface area contributed by atoms with Gasteiger partial charge in [0.05, 0.1) is 5.69 Å². The summed E-state index contributed by atoms with van der Waals surface area (Å²) in [6.45, 7) is 10.1. The number of carbonyl (C=O) groups excluding carboxylic acids is 1. The van der Waals surface area contributed by atoms with Crippen LogP contribution in [0.1, 0.15) is 55.6 Å². The van der Waals surface area contributed by atoms with Gasteiger partial charge in [0.1, 0.15) is 0 Å². The molecule has 1 amide bonds. The maximum atomic E-state index is 11.4. The molecule has 0 unspecified atom stereocenters. The number of benzene rings is 1. The Bertz CT molecular complexity index is 855. The molecule has 0 bridgehead atoms. The van der Waals surface area contributed by atoms with Gasteiger partial charge in [0.15, 0.2) is 0 Å². The third-order valence-corrected chi connectivity index (χ3v) is 5.28. The monoisotopic (exact) mass is 395 g/mol. The van der Waals surface area contributed by atoms with E-state index in [1.165, 1.54) is 6.42 Å². The number of hydrogen-bond donors (Lipinski definition) is 1. The van der Waals surface area contributed by atoms with Crippen LogP contribution >= 0.6 is 0 Å². The average Bonchev–Trinajstić information content (AvgIpc) is 2.66. The lowest BCUT2D eigenvalue weighted by atomic mass is 9.88. The highest BCUT2D eigenvalue weighted by atomic mass is 16.1. The number of aromatic nitrogens is 2. The van der Waals surface area contributed by atoms with Gasteiger partial charge in [-0.05, 0) is 42.5 Å². The van der Waals surface area contributed by atoms with Crippen molar-refractivity contribution in [2.24, 2.45) is 11.1 Å². The molecular weight excluding hydrogens is 362 g/mol. The number of piperidine rings is 1. The normalized spacial score (nSPS) is 17.9. The molecule has 6 nitrogen and oxygen atoms in total. The van der Waals surface area contributed by atoms with Crippen molar-refractivity contribution in [3.63, 3.8) is 0 Å². The predicted octanol–water partition coefficient (Wildman–Crippen LogP) is 3.53. The molecule has 2 aromatic rings. The number of nitrogens with zero attached hydrogens (tertiary/aromatic N) is 4. The molecule has 1 atom stereocenters. The molecule has 0 spiro atoms. The van der Waals surface area contributed by atoms with Gasteiger partial charge in [0.2, 0.25) is 11.9 Å². The number of carbonyl (C=O) groups is 1. The number of primary amides is 1. The van der Waals surface area contributed by atoms with Gasteiger partial charge in [-0.15, -0.1) is 0 Å². The number of anilines is 1. The zero-order valence-electron chi connectivity index (χ0n) is 18.3. The maximum Gasteiger partial charge on any atom is 0.248 e. The molecule has 0 radical (unpaired) electrons. The topological polar surface area (TPSA) is 75.4 Å². The van der Waals surface area contributed by atoms with E-state index < -0.39 is 5.91 Å². The molecule has 1 aromatic carbocycles. The molecule has 2 heterocycles. The SMILES string of the molecule is CN(C)c1ncc(-c2ccc(C(N)=O)cc2)c([C@@H]2CCCN(CC(C)(C)C)C2)n1. The third-order valence-electron chi connectivity index (χ3n) is 5.28. The molecule has 0 saturated carbocycles. The molecule has 1 saturated heterocycles. The summed E-state index contributed by atoms with van der Waals surface area (Å²) >= 11 is 0. The predicted molar refractivity (Wildman–Crippen MR) is 118 cm³/mol. The molecule has 1 aromatic heterocycles. The van der Waals surface area contributed by atoms with Crippen LogP contribution in [0.5, 0.6) is 0 Å². The number of rotatable bonds is 5. The van der Waals surface area contributed by atoms with Crippen LogP contribution in [0.4, 0.5) is 5.95 Å². The van der Waals surface area contributed by atoms with Gasteiger partial charge < -0.3 is 15.5 Å². The van der Waals surface area contributed by atoms with Crippen molar-refractivity contribution in [1.82, 2.24) is 14.9 Å². The lowest BCUT2D eigenvalue weighted by Crippen LogP contribution is -2.40. The van der Waals surface area contributed by atoms with Crippen LogP contribution in [0.15, 0.2) is 30.5 Å². The summed E-state index contributed by atoms with van der Waals surface area (Å²) in [6.07, 6.45) is 4.21. The van der Waals surface area contributed by atoms with Crippen LogP contribution in [0.3, 0.4) is 0 Å². The van der Waals surface area contributed by atoms with Crippen molar-refractivity contribution >= 4 is 11.9 Å². The molecule has 0 aliphatic carbocycles. The number of nitrogens with two attached hydrogens (primary N) is 1. The van der Waals surface area contributed by atoms with Crippen molar-refractivity contribution in [2.75, 3.05) is 38.6 Å². The standard InChI is InChI=1S/C23H33N5O/c1-23(2,3)15-28-12-6-7-18(14-28)20-19(13-25-22(26-20)27(4)5)16-8-10-17(11-9-16)21(24)29/h8-11,13,18H,6-7,12,14-15H2,1-5H3,(H2,24,29)/t18-/m1/s1. The lowest BCUT2D eigenvalue weighted by Gasteiger charge is -2.37. The summed E-state index contributed by atoms with van der Waals surface area (Å²) < 4.78 is 0. The van der Waals surface area contributed by atoms with Gasteiger partial charge in [-0.3, -0.25) is 4.79 Å². The minimum Gasteiger partial charge on any atom is -0.366 e. The molecule has 1 aliphatic rings. The van der Waals surface area contributed by atoms with E-state index in [2.05, 4.69) is 30.7 Å². The maximum absolute atomic E-state index is 11.4. The molecule has 2 N–H and O–H groups in total. The highest BCUT2D eigenvalue weighted by Crippen LogP contribution is 2.34. The quantitative estimate of drug-likeness (QED) is 0.838. The number of hydrogen-bond acceptors (Lipinski definition) is 5. The van der Waals surface area contributed by atoms with Crippen molar-refractivity contribution < 1.29 is 4.79 Å². The Morgan fingerprint density at radius 2 is 1.93 bits per heavy atom. The van der Waals surface area contributed by atoms with Crippen LogP contribution in [0.25, 0.3) is 11.1 Å². The van der Waals surface area contributed by atoms with Gasteiger partial charge in [-0.2, -0.15) is 0 Å². The lowest BCUT2D eigenvalue weighted by molar-refractivity contribution is 0.100. The van der Waals surface area contributed by atoms with Gasteiger partial charge >= 0.3 is 0 Å². The van der Waals surface area contributed by atoms with Crippen LogP contribution in [-0.4, -0.2) is 54.5 Å². The van der Waals surface area contributed by atoms with Crippen molar-refractivity contribution in [3.8, 4) is 11.1 Å². The van der Waals surface area contributed by atoms with Crippen molar-refractivity contribution in [1.29, 1.82) is 0 Å². The largest absolute Gasteiger partial charge is 0.366 e. The van der Waals surface area contributed by atoms with E-state index >= 15 is 0 Å². The molecule has 3 rings (SSSR count). The second kappa shape index (κ2) is 8.49. The molecule has 1 fully saturated rings. The van der Waals surface area contributed by atoms with Crippen molar-refractivity contribution in [3.05, 3.63) is 41.7 Å². The first-order valence-electron chi connectivity index (χ1n) is 10.3. The Morgan fingerprint density at radius 3 is 2.52 bits per heavy atom. The average molecular weight is 396 g/mol. The Balaban J connectivity index is 1.97. The Morgan fingerprint density at radius 1 is 1.24 bits per heavy atom. The minimum atomic E-state index is -0.416. The van der Waals surface area contributed by atoms with Crippen molar-refractivity contribution in [2.45, 2.75) is 39.5 Å². The molecule has 156 valence electrons. The van der Waals surface area contributed by atoms with E-state index in [0.29, 0.717) is 11.5 Å². The first-order valence-corrected chi connectivity index (χ1v) is 10.3. The molecular formula is C23H33N5O. The number of amides is 1. The molecule has 6 heteroatoms. The first kappa shape index (κ1) is 21.2. The van der Waals surface area contributed by atoms with Crippen LogP contribution in [0, 0.1) is 5.41 Å². The van der Waals surface area contributed by atoms with Crippen LogP contribution in [-0.2, 0) is 0 Å². The van der Waals surface area contributed by atoms with Gasteiger partial charge in [0, 0.05) is 50.4 Å². The fourth-order valence-electron chi connectivity index (χ4n) is 4.04. The first-order chi connectivity index (χ1) is 13.6. The summed E-state index contributed by atoms with van der Waals surface area (Å²) in [5, 5.41) is 0. The van der Waals surface area contributed by atoms with Crippen LogP contribution < -0.4 is 10.6 Å². The zero-order valence-corrected chi connectivity index (χ0v) is 18.3. The fourth-order valence-corrected chi connectivity index (χ4v) is 4.04. The summed E-state index contributed by atoms with van der Waals surface area (Å²) in [6, 6.07) is 7.42. The highest BCUT2D eigenvalue weighted by molar-refractivity contribution is 5.93. The van der Waals surface area contributed by atoms with Gasteiger partial charge in [-0.25, -0.2) is 9.97 Å². The molecule has 29 heavy (non-hydrogen) atoms. The smallest absolute Gasteiger partial charge is 0.248 e. The fraction of sp³-hybridized carbons (Fsp3) is 0.522. The van der Waals surface area contributed by atoms with E-state index in [1.54, 1.807) is 12.1 Å². The summed E-state index contributed by atoms with van der Waals surface area (Å²) in [4.78, 5) is 25.4. The third kappa shape index (κ3) is 5.32. The van der Waals surface area contributed by atoms with E-state index in [4.69, 9.17) is 10.7 Å². The minimum absolute atomic E-state index is 0.274. The second-order valence-corrected chi connectivity index (χ2v) is 9.44. The Labute approximate surface area is 174 Å². The Hall–Kier alpha value is -2.47. The summed E-state index contributed by atoms with van der Waals surface area (Å²) in [7, 11) is 3.93.